The van der Waals surface area contributed by atoms with Crippen LogP contribution in [0.3, 0.4) is 0 Å². The summed E-state index contributed by atoms with van der Waals surface area (Å²) in [5.74, 6) is -0.281. The molecular formula is C13H12FN5O2. The van der Waals surface area contributed by atoms with E-state index in [2.05, 4.69) is 20.3 Å². The normalized spacial score (nSPS) is 9.81. The van der Waals surface area contributed by atoms with Gasteiger partial charge in [-0.3, -0.25) is 0 Å². The average molecular weight is 289 g/mol. The summed E-state index contributed by atoms with van der Waals surface area (Å²) in [6.07, 6.45) is 0. The maximum absolute atomic E-state index is 13.7. The maximum Gasteiger partial charge on any atom is 0.324 e. The van der Waals surface area contributed by atoms with E-state index in [-0.39, 0.29) is 30.1 Å². The maximum atomic E-state index is 13.7. The van der Waals surface area contributed by atoms with Gasteiger partial charge in [0.2, 0.25) is 5.95 Å². The van der Waals surface area contributed by atoms with Gasteiger partial charge < -0.3 is 14.8 Å². The van der Waals surface area contributed by atoms with Crippen molar-refractivity contribution in [2.24, 2.45) is 0 Å². The molecular weight excluding hydrogens is 277 g/mol. The minimum atomic E-state index is -0.477. The summed E-state index contributed by atoms with van der Waals surface area (Å²) in [6, 6.07) is 6.28. The van der Waals surface area contributed by atoms with Crippen molar-refractivity contribution >= 4 is 5.95 Å². The van der Waals surface area contributed by atoms with Crippen LogP contribution in [0.2, 0.25) is 0 Å². The molecule has 0 radical (unpaired) electrons. The van der Waals surface area contributed by atoms with Crippen molar-refractivity contribution in [3.8, 4) is 18.1 Å². The van der Waals surface area contributed by atoms with Crippen LogP contribution in [0.5, 0.6) is 12.0 Å². The second-order valence-electron chi connectivity index (χ2n) is 3.90. The van der Waals surface area contributed by atoms with E-state index in [4.69, 9.17) is 14.7 Å². The van der Waals surface area contributed by atoms with E-state index in [1.807, 2.05) is 6.07 Å². The Morgan fingerprint density at radius 1 is 1.19 bits per heavy atom. The van der Waals surface area contributed by atoms with E-state index >= 15 is 0 Å². The van der Waals surface area contributed by atoms with E-state index in [1.165, 1.54) is 32.4 Å². The number of hydrogen-bond acceptors (Lipinski definition) is 7. The molecule has 2 aromatic rings. The molecule has 1 N–H and O–H groups in total. The molecule has 0 aliphatic heterocycles. The van der Waals surface area contributed by atoms with Gasteiger partial charge in [-0.1, -0.05) is 6.07 Å². The molecule has 0 saturated heterocycles. The van der Waals surface area contributed by atoms with Crippen LogP contribution in [0.1, 0.15) is 11.1 Å². The van der Waals surface area contributed by atoms with Gasteiger partial charge in [-0.05, 0) is 12.1 Å². The molecule has 7 nitrogen and oxygen atoms in total. The summed E-state index contributed by atoms with van der Waals surface area (Å²) in [7, 11) is 2.83. The molecule has 0 unspecified atom stereocenters. The van der Waals surface area contributed by atoms with Gasteiger partial charge >= 0.3 is 12.0 Å². The van der Waals surface area contributed by atoms with Crippen LogP contribution in [0.25, 0.3) is 0 Å². The molecule has 21 heavy (non-hydrogen) atoms. The van der Waals surface area contributed by atoms with Crippen molar-refractivity contribution in [1.29, 1.82) is 5.26 Å². The summed E-state index contributed by atoms with van der Waals surface area (Å²) in [5, 5.41) is 11.5. The molecule has 0 bridgehead atoms. The Balaban J connectivity index is 2.14. The number of aromatic nitrogens is 3. The van der Waals surface area contributed by atoms with E-state index < -0.39 is 5.82 Å². The molecule has 1 aromatic heterocycles. The first-order chi connectivity index (χ1) is 10.2. The van der Waals surface area contributed by atoms with Gasteiger partial charge in [0.25, 0.3) is 0 Å². The van der Waals surface area contributed by atoms with Gasteiger partial charge in [-0.2, -0.15) is 15.2 Å². The zero-order valence-corrected chi connectivity index (χ0v) is 11.4. The Kier molecular flexibility index (Phi) is 4.46. The van der Waals surface area contributed by atoms with Crippen LogP contribution >= 0.6 is 0 Å². The fraction of sp³-hybridized carbons (Fsp3) is 0.231. The van der Waals surface area contributed by atoms with E-state index in [0.29, 0.717) is 5.56 Å². The first kappa shape index (κ1) is 14.5. The van der Waals surface area contributed by atoms with Crippen LogP contribution in [0.4, 0.5) is 10.3 Å². The van der Waals surface area contributed by atoms with Crippen LogP contribution in [0, 0.1) is 17.1 Å². The molecule has 0 fully saturated rings. The number of nitriles is 1. The highest BCUT2D eigenvalue weighted by molar-refractivity contribution is 5.35. The zero-order chi connectivity index (χ0) is 15.2. The van der Waals surface area contributed by atoms with Crippen molar-refractivity contribution < 1.29 is 13.9 Å². The van der Waals surface area contributed by atoms with Crippen molar-refractivity contribution in [3.05, 3.63) is 35.1 Å². The number of rotatable bonds is 5. The lowest BCUT2D eigenvalue weighted by molar-refractivity contribution is 0.341. The largest absolute Gasteiger partial charge is 0.467 e. The predicted molar refractivity (Wildman–Crippen MR) is 71.4 cm³/mol. The molecule has 0 atom stereocenters. The third kappa shape index (κ3) is 3.54. The topological polar surface area (TPSA) is 93.0 Å². The second kappa shape index (κ2) is 6.47. The monoisotopic (exact) mass is 289 g/mol. The smallest absolute Gasteiger partial charge is 0.324 e. The third-order valence-electron chi connectivity index (χ3n) is 2.58. The molecule has 8 heteroatoms. The van der Waals surface area contributed by atoms with Crippen molar-refractivity contribution in [2.45, 2.75) is 6.54 Å². The average Bonchev–Trinajstić information content (AvgIpc) is 2.53. The van der Waals surface area contributed by atoms with E-state index in [1.54, 1.807) is 0 Å². The summed E-state index contributed by atoms with van der Waals surface area (Å²) < 4.78 is 23.6. The molecule has 2 rings (SSSR count). The SMILES string of the molecule is COc1nc(NCc2ccc(C#N)cc2F)nc(OC)n1. The number of anilines is 1. The molecule has 0 aliphatic rings. The van der Waals surface area contributed by atoms with Gasteiger partial charge in [-0.25, -0.2) is 4.39 Å². The Hall–Kier alpha value is -2.95. The Morgan fingerprint density at radius 2 is 1.86 bits per heavy atom. The van der Waals surface area contributed by atoms with Crippen molar-refractivity contribution in [3.63, 3.8) is 0 Å². The highest BCUT2D eigenvalue weighted by Crippen LogP contribution is 2.15. The minimum absolute atomic E-state index is 0.0876. The predicted octanol–water partition coefficient (Wildman–Crippen LogP) is 1.51. The molecule has 0 saturated carbocycles. The lowest BCUT2D eigenvalue weighted by atomic mass is 10.1. The van der Waals surface area contributed by atoms with Gasteiger partial charge in [0, 0.05) is 12.1 Å². The Labute approximate surface area is 120 Å². The van der Waals surface area contributed by atoms with Crippen LogP contribution < -0.4 is 14.8 Å². The molecule has 108 valence electrons. The summed E-state index contributed by atoms with van der Waals surface area (Å²) in [4.78, 5) is 11.8. The number of hydrogen-bond donors (Lipinski definition) is 1. The zero-order valence-electron chi connectivity index (χ0n) is 11.4. The lowest BCUT2D eigenvalue weighted by Gasteiger charge is -2.08. The van der Waals surface area contributed by atoms with Gasteiger partial charge in [0.05, 0.1) is 25.9 Å². The lowest BCUT2D eigenvalue weighted by Crippen LogP contribution is -2.08. The Morgan fingerprint density at radius 3 is 2.38 bits per heavy atom. The summed E-state index contributed by atoms with van der Waals surface area (Å²) in [5.41, 5.74) is 0.645. The van der Waals surface area contributed by atoms with Crippen LogP contribution in [-0.2, 0) is 6.54 Å². The number of nitrogens with zero attached hydrogens (tertiary/aromatic N) is 4. The first-order valence-electron chi connectivity index (χ1n) is 5.92. The summed E-state index contributed by atoms with van der Waals surface area (Å²) >= 11 is 0. The van der Waals surface area contributed by atoms with Crippen molar-refractivity contribution in [2.75, 3.05) is 19.5 Å². The third-order valence-corrected chi connectivity index (χ3v) is 2.58. The van der Waals surface area contributed by atoms with Gasteiger partial charge in [0.1, 0.15) is 5.82 Å². The standard InChI is InChI=1S/C13H12FN5O2/c1-20-12-17-11(18-13(19-12)21-2)16-7-9-4-3-8(6-15)5-10(9)14/h3-5H,7H2,1-2H3,(H,16,17,18,19). The molecule has 1 heterocycles. The molecule has 1 aromatic carbocycles. The van der Waals surface area contributed by atoms with Crippen LogP contribution in [0.15, 0.2) is 18.2 Å². The number of methoxy groups -OCH3 is 2. The number of benzene rings is 1. The molecule has 0 amide bonds. The fourth-order valence-corrected chi connectivity index (χ4v) is 1.53. The number of ether oxygens (including phenoxy) is 2. The van der Waals surface area contributed by atoms with E-state index in [9.17, 15) is 4.39 Å². The van der Waals surface area contributed by atoms with Gasteiger partial charge in [0.15, 0.2) is 0 Å². The Bertz CT molecular complexity index is 664. The number of halogens is 1. The van der Waals surface area contributed by atoms with Crippen LogP contribution in [-0.4, -0.2) is 29.2 Å². The number of nitrogens with one attached hydrogen (secondary N) is 1. The minimum Gasteiger partial charge on any atom is -0.467 e. The quantitative estimate of drug-likeness (QED) is 0.891. The molecule has 0 spiro atoms. The van der Waals surface area contributed by atoms with Gasteiger partial charge in [-0.15, -0.1) is 4.98 Å². The van der Waals surface area contributed by atoms with Crippen molar-refractivity contribution in [1.82, 2.24) is 15.0 Å². The second-order valence-corrected chi connectivity index (χ2v) is 3.90. The fourth-order valence-electron chi connectivity index (χ4n) is 1.53. The first-order valence-corrected chi connectivity index (χ1v) is 5.92. The summed E-state index contributed by atoms with van der Waals surface area (Å²) in [6.45, 7) is 0.147. The highest BCUT2D eigenvalue weighted by Gasteiger charge is 2.08. The molecule has 0 aliphatic carbocycles. The highest BCUT2D eigenvalue weighted by atomic mass is 19.1. The van der Waals surface area contributed by atoms with E-state index in [0.717, 1.165) is 0 Å².